The number of benzene rings is 2. The second-order valence-corrected chi connectivity index (χ2v) is 6.86. The number of carbonyl (C=O) groups excluding carboxylic acids is 3. The van der Waals surface area contributed by atoms with Crippen molar-refractivity contribution in [1.29, 1.82) is 0 Å². The number of anilines is 2. The minimum absolute atomic E-state index is 0.125. The van der Waals surface area contributed by atoms with Gasteiger partial charge in [-0.05, 0) is 36.8 Å². The molecule has 9 nitrogen and oxygen atoms in total. The quantitative estimate of drug-likeness (QED) is 0.669. The fraction of sp³-hybridized carbons (Fsp3) is 0.318. The van der Waals surface area contributed by atoms with E-state index in [4.69, 9.17) is 14.2 Å². The molecule has 1 aliphatic heterocycles. The fourth-order valence-electron chi connectivity index (χ4n) is 3.06. The van der Waals surface area contributed by atoms with Crippen molar-refractivity contribution < 1.29 is 28.6 Å². The number of carbonyl (C=O) groups is 3. The molecule has 3 rings (SSSR count). The van der Waals surface area contributed by atoms with E-state index in [1.165, 1.54) is 19.1 Å². The van der Waals surface area contributed by atoms with Crippen LogP contribution in [0.25, 0.3) is 0 Å². The van der Waals surface area contributed by atoms with E-state index in [2.05, 4.69) is 10.6 Å². The average Bonchev–Trinajstić information content (AvgIpc) is 2.79. The van der Waals surface area contributed by atoms with Crippen LogP contribution < -0.4 is 29.7 Å². The largest absolute Gasteiger partial charge is 0.497 e. The third-order valence-corrected chi connectivity index (χ3v) is 4.65. The predicted molar refractivity (Wildman–Crippen MR) is 115 cm³/mol. The molecule has 0 saturated heterocycles. The molecule has 0 saturated carbocycles. The molecule has 9 heteroatoms. The number of nitrogens with one attached hydrogen (secondary N) is 2. The van der Waals surface area contributed by atoms with E-state index in [9.17, 15) is 14.4 Å². The van der Waals surface area contributed by atoms with Crippen LogP contribution in [0.3, 0.4) is 0 Å². The van der Waals surface area contributed by atoms with E-state index < -0.39 is 0 Å². The minimum atomic E-state index is -0.382. The average molecular weight is 427 g/mol. The summed E-state index contributed by atoms with van der Waals surface area (Å²) in [6.07, 6.45) is 0.796. The zero-order valence-corrected chi connectivity index (χ0v) is 17.7. The molecule has 0 aliphatic carbocycles. The Morgan fingerprint density at radius 3 is 2.45 bits per heavy atom. The number of hydrogen-bond acceptors (Lipinski definition) is 6. The van der Waals surface area contributed by atoms with E-state index in [0.29, 0.717) is 40.7 Å². The van der Waals surface area contributed by atoms with Gasteiger partial charge in [-0.2, -0.15) is 0 Å². The molecule has 2 aromatic carbocycles. The molecule has 0 radical (unpaired) electrons. The Labute approximate surface area is 180 Å². The van der Waals surface area contributed by atoms with E-state index in [0.717, 1.165) is 6.42 Å². The normalized spacial score (nSPS) is 12.5. The Morgan fingerprint density at radius 2 is 1.81 bits per heavy atom. The number of nitrogens with zero attached hydrogens (tertiary/aromatic N) is 1. The van der Waals surface area contributed by atoms with Crippen LogP contribution in [-0.2, 0) is 9.59 Å². The van der Waals surface area contributed by atoms with Gasteiger partial charge < -0.3 is 24.8 Å². The molecular weight excluding hydrogens is 402 g/mol. The Hall–Kier alpha value is -3.75. The predicted octanol–water partition coefficient (Wildman–Crippen LogP) is 2.21. The highest BCUT2D eigenvalue weighted by atomic mass is 16.5. The van der Waals surface area contributed by atoms with E-state index >= 15 is 0 Å². The van der Waals surface area contributed by atoms with Gasteiger partial charge in [-0.15, -0.1) is 0 Å². The summed E-state index contributed by atoms with van der Waals surface area (Å²) in [7, 11) is 3.00. The van der Waals surface area contributed by atoms with Gasteiger partial charge in [0.1, 0.15) is 23.8 Å². The standard InChI is InChI=1S/C22H25N3O6/c1-4-7-23-20(26)12-25-18-10-15(5-6-19(18)31-13-21(25)27)24-22(28)14-8-16(29-2)11-17(9-14)30-3/h5-6,8-11H,4,7,12-13H2,1-3H3,(H,23,26)(H,24,28). The van der Waals surface area contributed by atoms with Crippen molar-refractivity contribution in [2.45, 2.75) is 13.3 Å². The Bertz CT molecular complexity index is 969. The first-order valence-electron chi connectivity index (χ1n) is 9.83. The fourth-order valence-corrected chi connectivity index (χ4v) is 3.06. The van der Waals surface area contributed by atoms with Crippen molar-refractivity contribution in [2.75, 3.05) is 44.1 Å². The Balaban J connectivity index is 1.82. The van der Waals surface area contributed by atoms with Gasteiger partial charge in [-0.1, -0.05) is 6.92 Å². The number of hydrogen-bond donors (Lipinski definition) is 2. The smallest absolute Gasteiger partial charge is 0.265 e. The molecule has 0 aromatic heterocycles. The number of fused-ring (bicyclic) bond motifs is 1. The lowest BCUT2D eigenvalue weighted by Crippen LogP contribution is -2.45. The summed E-state index contributed by atoms with van der Waals surface area (Å²) in [6, 6.07) is 9.77. The van der Waals surface area contributed by atoms with Gasteiger partial charge in [-0.3, -0.25) is 19.3 Å². The molecule has 0 atom stereocenters. The maximum absolute atomic E-state index is 12.8. The summed E-state index contributed by atoms with van der Waals surface area (Å²) < 4.78 is 15.9. The van der Waals surface area contributed by atoms with Crippen molar-refractivity contribution in [3.05, 3.63) is 42.0 Å². The number of methoxy groups -OCH3 is 2. The second-order valence-electron chi connectivity index (χ2n) is 6.86. The number of ether oxygens (including phenoxy) is 3. The van der Waals surface area contributed by atoms with Crippen molar-refractivity contribution in [3.63, 3.8) is 0 Å². The molecule has 31 heavy (non-hydrogen) atoms. The summed E-state index contributed by atoms with van der Waals surface area (Å²) in [5.74, 6) is 0.453. The molecule has 3 amide bonds. The maximum Gasteiger partial charge on any atom is 0.265 e. The lowest BCUT2D eigenvalue weighted by Gasteiger charge is -2.29. The zero-order valence-electron chi connectivity index (χ0n) is 17.7. The Kier molecular flexibility index (Phi) is 6.96. The van der Waals surface area contributed by atoms with Crippen LogP contribution in [0.2, 0.25) is 0 Å². The molecule has 0 spiro atoms. The first-order chi connectivity index (χ1) is 14.9. The molecule has 164 valence electrons. The molecular formula is C22H25N3O6. The molecule has 1 heterocycles. The highest BCUT2D eigenvalue weighted by Crippen LogP contribution is 2.34. The molecule has 2 N–H and O–H groups in total. The van der Waals surface area contributed by atoms with Crippen LogP contribution in [0.1, 0.15) is 23.7 Å². The van der Waals surface area contributed by atoms with Crippen LogP contribution >= 0.6 is 0 Å². The second kappa shape index (κ2) is 9.84. The van der Waals surface area contributed by atoms with Gasteiger partial charge in [-0.25, -0.2) is 0 Å². The van der Waals surface area contributed by atoms with Crippen LogP contribution in [0, 0.1) is 0 Å². The molecule has 0 fully saturated rings. The Morgan fingerprint density at radius 1 is 1.10 bits per heavy atom. The van der Waals surface area contributed by atoms with Crippen molar-refractivity contribution in [3.8, 4) is 17.2 Å². The summed E-state index contributed by atoms with van der Waals surface area (Å²) in [6.45, 7) is 2.20. The number of rotatable bonds is 8. The highest BCUT2D eigenvalue weighted by Gasteiger charge is 2.27. The molecule has 0 unspecified atom stereocenters. The van der Waals surface area contributed by atoms with Gasteiger partial charge in [0.05, 0.1) is 19.9 Å². The summed E-state index contributed by atoms with van der Waals surface area (Å²) in [5.41, 5.74) is 1.21. The van der Waals surface area contributed by atoms with Crippen molar-refractivity contribution in [1.82, 2.24) is 5.32 Å². The van der Waals surface area contributed by atoms with E-state index in [1.54, 1.807) is 36.4 Å². The van der Waals surface area contributed by atoms with Crippen LogP contribution in [0.5, 0.6) is 17.2 Å². The van der Waals surface area contributed by atoms with Gasteiger partial charge in [0.2, 0.25) is 5.91 Å². The molecule has 1 aliphatic rings. The van der Waals surface area contributed by atoms with Crippen LogP contribution in [0.4, 0.5) is 11.4 Å². The third-order valence-electron chi connectivity index (χ3n) is 4.65. The van der Waals surface area contributed by atoms with Crippen molar-refractivity contribution >= 4 is 29.1 Å². The summed E-state index contributed by atoms with van der Waals surface area (Å²) >= 11 is 0. The van der Waals surface area contributed by atoms with E-state index in [1.807, 2.05) is 6.92 Å². The van der Waals surface area contributed by atoms with Gasteiger partial charge in [0, 0.05) is 23.9 Å². The zero-order chi connectivity index (χ0) is 22.4. The van der Waals surface area contributed by atoms with Crippen LogP contribution in [-0.4, -0.2) is 51.6 Å². The highest BCUT2D eigenvalue weighted by molar-refractivity contribution is 6.06. The van der Waals surface area contributed by atoms with Crippen LogP contribution in [0.15, 0.2) is 36.4 Å². The van der Waals surface area contributed by atoms with Gasteiger partial charge in [0.25, 0.3) is 11.8 Å². The third kappa shape index (κ3) is 5.25. The monoisotopic (exact) mass is 427 g/mol. The summed E-state index contributed by atoms with van der Waals surface area (Å²) in [5, 5.41) is 5.54. The lowest BCUT2D eigenvalue weighted by atomic mass is 10.1. The molecule has 0 bridgehead atoms. The SMILES string of the molecule is CCCNC(=O)CN1C(=O)COc2ccc(NC(=O)c3cc(OC)cc(OC)c3)cc21. The topological polar surface area (TPSA) is 106 Å². The number of amides is 3. The van der Waals surface area contributed by atoms with Crippen molar-refractivity contribution in [2.24, 2.45) is 0 Å². The minimum Gasteiger partial charge on any atom is -0.497 e. The first kappa shape index (κ1) is 21.9. The first-order valence-corrected chi connectivity index (χ1v) is 9.83. The summed E-state index contributed by atoms with van der Waals surface area (Å²) in [4.78, 5) is 38.6. The lowest BCUT2D eigenvalue weighted by molar-refractivity contribution is -0.125. The van der Waals surface area contributed by atoms with Gasteiger partial charge in [0.15, 0.2) is 6.61 Å². The van der Waals surface area contributed by atoms with E-state index in [-0.39, 0.29) is 30.9 Å². The molecule has 2 aromatic rings. The van der Waals surface area contributed by atoms with Gasteiger partial charge >= 0.3 is 0 Å². The maximum atomic E-state index is 12.8.